The Labute approximate surface area is 426 Å². The number of amides is 1. The molecule has 24 nitrogen and oxygen atoms in total. The van der Waals surface area contributed by atoms with Crippen LogP contribution in [0, 0.1) is 23.7 Å². The highest BCUT2D eigenvalue weighted by Crippen LogP contribution is 2.38. The van der Waals surface area contributed by atoms with Crippen LogP contribution < -0.4 is 17.0 Å². The number of carbonyl (C=O) groups excluding carboxylic acids is 3. The number of hydrogen-bond acceptors (Lipinski definition) is 21. The van der Waals surface area contributed by atoms with Crippen molar-refractivity contribution >= 4 is 34.8 Å². The Bertz CT molecular complexity index is 2230. The summed E-state index contributed by atoms with van der Waals surface area (Å²) in [7, 11) is 3.08. The highest BCUT2D eigenvalue weighted by Gasteiger charge is 2.48. The number of fused-ring (bicyclic) bond motifs is 1. The molecule has 6 heterocycles. The average molecular weight is 1040 g/mol. The number of aromatic amines is 1. The Kier molecular flexibility index (Phi) is 24.3. The molecule has 10 N–H and O–H groups in total. The molecule has 24 heteroatoms. The maximum absolute atomic E-state index is 13.4. The van der Waals surface area contributed by atoms with Gasteiger partial charge in [0.1, 0.15) is 36.5 Å². The summed E-state index contributed by atoms with van der Waals surface area (Å²) in [5.41, 5.74) is 7.16. The first kappa shape index (κ1) is 62.7. The van der Waals surface area contributed by atoms with Crippen LogP contribution in [0.2, 0.25) is 0 Å². The van der Waals surface area contributed by atoms with Gasteiger partial charge in [0.2, 0.25) is 5.95 Å². The van der Waals surface area contributed by atoms with Crippen molar-refractivity contribution < 1.29 is 73.1 Å². The minimum Gasteiger partial charge on any atom is -0.459 e. The number of aromatic nitrogens is 6. The Morgan fingerprint density at radius 1 is 0.945 bits per heavy atom. The summed E-state index contributed by atoms with van der Waals surface area (Å²) >= 11 is 0. The maximum atomic E-state index is 13.4. The fourth-order valence-corrected chi connectivity index (χ4v) is 9.40. The van der Waals surface area contributed by atoms with E-state index in [2.05, 4.69) is 24.9 Å². The zero-order valence-electron chi connectivity index (χ0n) is 44.4. The molecule has 8 unspecified atom stereocenters. The van der Waals surface area contributed by atoms with Gasteiger partial charge in [0, 0.05) is 44.9 Å². The van der Waals surface area contributed by atoms with E-state index >= 15 is 0 Å². The van der Waals surface area contributed by atoms with Gasteiger partial charge in [0.25, 0.3) is 11.5 Å². The van der Waals surface area contributed by atoms with E-state index in [9.17, 15) is 39.6 Å². The second-order valence-corrected chi connectivity index (χ2v) is 20.1. The van der Waals surface area contributed by atoms with Gasteiger partial charge in [-0.25, -0.2) is 9.97 Å². The molecule has 1 amide bonds. The number of ether oxygens (including phenoxy) is 7. The van der Waals surface area contributed by atoms with Crippen LogP contribution in [-0.4, -0.2) is 166 Å². The van der Waals surface area contributed by atoms with Crippen molar-refractivity contribution in [2.45, 2.75) is 187 Å². The predicted octanol–water partition coefficient (Wildman–Crippen LogP) is 2.16. The van der Waals surface area contributed by atoms with E-state index in [0.717, 1.165) is 12.8 Å². The summed E-state index contributed by atoms with van der Waals surface area (Å²) in [6.45, 7) is 18.1. The second-order valence-electron chi connectivity index (χ2n) is 20.1. The van der Waals surface area contributed by atoms with E-state index in [1.165, 1.54) is 36.6 Å². The predicted molar refractivity (Wildman–Crippen MR) is 265 cm³/mol. The van der Waals surface area contributed by atoms with Crippen molar-refractivity contribution in [3.63, 3.8) is 0 Å². The molecule has 3 aliphatic heterocycles. The molecule has 0 aromatic carbocycles. The Hall–Kier alpha value is -4.60. The number of hydrogen-bond donors (Lipinski definition) is 8. The van der Waals surface area contributed by atoms with Crippen molar-refractivity contribution in [1.29, 1.82) is 0 Å². The second kappa shape index (κ2) is 28.3. The lowest BCUT2D eigenvalue weighted by Gasteiger charge is -2.46. The first-order valence-electron chi connectivity index (χ1n) is 24.7. The van der Waals surface area contributed by atoms with E-state index < -0.39 is 89.5 Å². The van der Waals surface area contributed by atoms with Crippen LogP contribution in [0.25, 0.3) is 11.2 Å². The fraction of sp³-hybridized carbons (Fsp3) is 0.755. The number of aliphatic hydroxyl groups is 5. The molecule has 0 aliphatic carbocycles. The standard InChI is InChI=1S/C29H52O9.C8H11N5O3.C7H14O3.C5H5N3O/c1-11-21-28(8,34)14-17(3)23(30)16(2)12-27(7,33)13-18(4)24(19(5)26(32)37-21)38-22-15-29(9,35-10)25(31)20(6)36-22;9-8-11-6-5(7(15)12-8)10-3-13(6)4-16-2-1-14;1-5-3-4-6(8)7(9-2)10-5;6-5(9)4-3-7-1-2-8-4/h16-22,24-25,31,33-34H,11-15H2,1-10H3;3,14H,1-2,4H2,(H3,9,11,12,15);5-8H,3-4H2,1-2H3;1-3H,(H2,6,9)/t16-,17-,18?,19-,20?,21-,22?,24+,25?,27-,28+,29?;;;/m1.../s1. The molecule has 0 bridgehead atoms. The Balaban J connectivity index is 0.000000321. The number of aliphatic hydroxyl groups excluding tert-OH is 3. The summed E-state index contributed by atoms with van der Waals surface area (Å²) in [6.07, 6.45) is 4.29. The van der Waals surface area contributed by atoms with Gasteiger partial charge < -0.3 is 70.2 Å². The Morgan fingerprint density at radius 3 is 2.18 bits per heavy atom. The van der Waals surface area contributed by atoms with Crippen LogP contribution in [0.5, 0.6) is 0 Å². The third-order valence-electron chi connectivity index (χ3n) is 13.3. The highest BCUT2D eigenvalue weighted by molar-refractivity contribution is 5.90. The number of imidazole rings is 1. The van der Waals surface area contributed by atoms with Gasteiger partial charge in [0.15, 0.2) is 23.7 Å². The SMILES string of the molecule is CC[C@H]1OC(=O)[C@H](C)[C@@H](OC2CC(C)(OC)C(O)C(C)O2)C(C)C[C@](C)(O)C[C@@H](C)C(=O)[C@H](C)C[C@]1(C)O.COC1OC(C)CCC1O.NC(=O)c1cnccn1.Nc1nc2c(ncn2COCCO)c(=O)[nH]1. The average Bonchev–Trinajstić information content (AvgIpc) is 3.74. The molecule has 414 valence electrons. The van der Waals surface area contributed by atoms with Gasteiger partial charge in [-0.2, -0.15) is 4.98 Å². The van der Waals surface area contributed by atoms with Crippen molar-refractivity contribution in [1.82, 2.24) is 29.5 Å². The molecule has 3 saturated heterocycles. The molecule has 0 radical (unpaired) electrons. The normalized spacial score (nSPS) is 34.4. The number of anilines is 1. The Morgan fingerprint density at radius 2 is 1.62 bits per heavy atom. The number of H-pyrrole nitrogens is 1. The summed E-state index contributed by atoms with van der Waals surface area (Å²) in [5.74, 6) is -3.05. The number of nitrogens with one attached hydrogen (secondary N) is 1. The van der Waals surface area contributed by atoms with Crippen LogP contribution in [0.15, 0.2) is 29.7 Å². The van der Waals surface area contributed by atoms with E-state index in [0.29, 0.717) is 12.1 Å². The molecular formula is C49H82N8O16. The van der Waals surface area contributed by atoms with Crippen molar-refractivity contribution in [2.75, 3.05) is 33.2 Å². The zero-order chi connectivity index (χ0) is 55.0. The minimum atomic E-state index is -1.41. The van der Waals surface area contributed by atoms with E-state index in [1.807, 2.05) is 20.8 Å². The van der Waals surface area contributed by atoms with Gasteiger partial charge in [-0.3, -0.25) is 33.7 Å². The molecule has 0 saturated carbocycles. The van der Waals surface area contributed by atoms with Crippen LogP contribution in [-0.2, 0) is 49.5 Å². The van der Waals surface area contributed by atoms with Gasteiger partial charge in [-0.15, -0.1) is 0 Å². The fourth-order valence-electron chi connectivity index (χ4n) is 9.40. The number of ketones is 1. The quantitative estimate of drug-likeness (QED) is 0.106. The molecule has 0 spiro atoms. The van der Waals surface area contributed by atoms with Crippen molar-refractivity contribution in [2.24, 2.45) is 29.4 Å². The highest BCUT2D eigenvalue weighted by atomic mass is 16.7. The molecule has 6 rings (SSSR count). The van der Waals surface area contributed by atoms with Gasteiger partial charge in [-0.1, -0.05) is 27.7 Å². The lowest BCUT2D eigenvalue weighted by Crippen LogP contribution is -2.57. The largest absolute Gasteiger partial charge is 0.459 e. The van der Waals surface area contributed by atoms with Gasteiger partial charge in [-0.05, 0) is 86.0 Å². The van der Waals surface area contributed by atoms with Crippen molar-refractivity contribution in [3.8, 4) is 0 Å². The van der Waals surface area contributed by atoms with Crippen molar-refractivity contribution in [3.05, 3.63) is 41.0 Å². The first-order valence-corrected chi connectivity index (χ1v) is 24.7. The minimum absolute atomic E-state index is 0.0291. The first-order chi connectivity index (χ1) is 34.1. The number of nitrogens with zero attached hydrogens (tertiary/aromatic N) is 5. The lowest BCUT2D eigenvalue weighted by molar-refractivity contribution is -0.296. The monoisotopic (exact) mass is 1040 g/mol. The van der Waals surface area contributed by atoms with Crippen LogP contribution in [0.3, 0.4) is 0 Å². The number of methoxy groups -OCH3 is 2. The lowest BCUT2D eigenvalue weighted by atomic mass is 9.76. The third kappa shape index (κ3) is 18.3. The number of primary amides is 1. The van der Waals surface area contributed by atoms with Gasteiger partial charge in [0.05, 0.1) is 66.8 Å². The molecule has 3 aliphatic rings. The molecule has 3 fully saturated rings. The van der Waals surface area contributed by atoms with Gasteiger partial charge >= 0.3 is 5.97 Å². The summed E-state index contributed by atoms with van der Waals surface area (Å²) in [4.78, 5) is 65.8. The number of carbonyl (C=O) groups is 3. The van der Waals surface area contributed by atoms with Crippen LogP contribution in [0.4, 0.5) is 5.95 Å². The zero-order valence-corrected chi connectivity index (χ0v) is 44.4. The molecule has 73 heavy (non-hydrogen) atoms. The van der Waals surface area contributed by atoms with E-state index in [1.54, 1.807) is 55.6 Å². The number of esters is 1. The van der Waals surface area contributed by atoms with E-state index in [-0.39, 0.29) is 86.2 Å². The summed E-state index contributed by atoms with van der Waals surface area (Å²) in [5, 5.41) is 51.0. The summed E-state index contributed by atoms with van der Waals surface area (Å²) < 4.78 is 40.7. The topological polar surface area (TPSA) is 358 Å². The molecule has 15 atom stereocenters. The third-order valence-corrected chi connectivity index (χ3v) is 13.3. The molecular weight excluding hydrogens is 957 g/mol. The van der Waals surface area contributed by atoms with E-state index in [4.69, 9.17) is 49.7 Å². The number of nitrogens with two attached hydrogens (primary N) is 2. The number of rotatable bonds is 10. The number of nitrogen functional groups attached to an aromatic ring is 1. The summed E-state index contributed by atoms with van der Waals surface area (Å²) in [6, 6.07) is 0. The number of Topliss-reactive ketones (excluding diaryl/α,β-unsaturated/α-hetero) is 1. The maximum Gasteiger partial charge on any atom is 0.311 e. The van der Waals surface area contributed by atoms with Crippen LogP contribution >= 0.6 is 0 Å². The molecule has 3 aromatic heterocycles. The number of cyclic esters (lactones) is 1. The molecule has 3 aromatic rings. The smallest absolute Gasteiger partial charge is 0.311 e. The van der Waals surface area contributed by atoms with Crippen LogP contribution in [0.1, 0.15) is 125 Å².